The molecule has 0 radical (unpaired) electrons. The molecule has 0 aliphatic carbocycles. The van der Waals surface area contributed by atoms with Crippen LogP contribution in [0.2, 0.25) is 5.02 Å². The number of hydrogen-bond acceptors (Lipinski definition) is 3. The molecule has 8 heteroatoms. The summed E-state index contributed by atoms with van der Waals surface area (Å²) < 4.78 is 0. The molecule has 0 unspecified atom stereocenters. The molecule has 2 amide bonds. The van der Waals surface area contributed by atoms with Crippen molar-refractivity contribution in [3.8, 4) is 0 Å². The van der Waals surface area contributed by atoms with Gasteiger partial charge in [0.15, 0.2) is 5.96 Å². The van der Waals surface area contributed by atoms with E-state index in [1.165, 1.54) is 0 Å². The van der Waals surface area contributed by atoms with Crippen LogP contribution in [-0.2, 0) is 16.0 Å². The summed E-state index contributed by atoms with van der Waals surface area (Å²) in [6, 6.07) is 7.41. The predicted molar refractivity (Wildman–Crippen MR) is 113 cm³/mol. The first-order chi connectivity index (χ1) is 13.5. The minimum atomic E-state index is -0.0763. The van der Waals surface area contributed by atoms with Crippen LogP contribution >= 0.6 is 11.6 Å². The number of rotatable bonds is 7. The second kappa shape index (κ2) is 11.5. The van der Waals surface area contributed by atoms with Gasteiger partial charge in [-0.15, -0.1) is 0 Å². The summed E-state index contributed by atoms with van der Waals surface area (Å²) in [6.45, 7) is 8.14. The van der Waals surface area contributed by atoms with Gasteiger partial charge in [0, 0.05) is 44.3 Å². The number of benzene rings is 1. The van der Waals surface area contributed by atoms with Crippen molar-refractivity contribution in [2.75, 3.05) is 45.8 Å². The van der Waals surface area contributed by atoms with Crippen LogP contribution < -0.4 is 10.6 Å². The van der Waals surface area contributed by atoms with Gasteiger partial charge in [-0.1, -0.05) is 30.7 Å². The van der Waals surface area contributed by atoms with Gasteiger partial charge in [0.25, 0.3) is 0 Å². The molecule has 0 bridgehead atoms. The van der Waals surface area contributed by atoms with Gasteiger partial charge in [-0.25, -0.2) is 4.99 Å². The van der Waals surface area contributed by atoms with Gasteiger partial charge in [0.2, 0.25) is 11.8 Å². The second-order valence-electron chi connectivity index (χ2n) is 6.69. The summed E-state index contributed by atoms with van der Waals surface area (Å²) >= 11 is 6.00. The predicted octanol–water partition coefficient (Wildman–Crippen LogP) is 1.52. The minimum Gasteiger partial charge on any atom is -0.357 e. The van der Waals surface area contributed by atoms with Crippen LogP contribution in [0.4, 0.5) is 0 Å². The highest BCUT2D eigenvalue weighted by molar-refractivity contribution is 6.30. The van der Waals surface area contributed by atoms with Crippen molar-refractivity contribution in [1.82, 2.24) is 20.4 Å². The molecule has 0 saturated carbocycles. The third kappa shape index (κ3) is 7.03. The molecule has 2 N–H and O–H groups in total. The number of amides is 2. The SMILES string of the molecule is CCCNC(=O)CN=C(NCC)N1CCN(C(=O)Cc2cccc(Cl)c2)CC1. The first-order valence-electron chi connectivity index (χ1n) is 9.85. The van der Waals surface area contributed by atoms with Crippen molar-refractivity contribution in [3.63, 3.8) is 0 Å². The molecule has 1 aromatic carbocycles. The number of nitrogens with one attached hydrogen (secondary N) is 2. The highest BCUT2D eigenvalue weighted by Gasteiger charge is 2.23. The van der Waals surface area contributed by atoms with Gasteiger partial charge < -0.3 is 20.4 Å². The monoisotopic (exact) mass is 407 g/mol. The first-order valence-corrected chi connectivity index (χ1v) is 10.2. The Morgan fingerprint density at radius 3 is 2.46 bits per heavy atom. The fourth-order valence-electron chi connectivity index (χ4n) is 2.99. The molecular weight excluding hydrogens is 378 g/mol. The van der Waals surface area contributed by atoms with Crippen molar-refractivity contribution >= 4 is 29.4 Å². The van der Waals surface area contributed by atoms with Crippen molar-refractivity contribution < 1.29 is 9.59 Å². The maximum absolute atomic E-state index is 12.6. The molecule has 1 aliphatic heterocycles. The van der Waals surface area contributed by atoms with Crippen molar-refractivity contribution in [3.05, 3.63) is 34.9 Å². The summed E-state index contributed by atoms with van der Waals surface area (Å²) in [6.07, 6.45) is 1.26. The van der Waals surface area contributed by atoms with Crippen molar-refractivity contribution in [1.29, 1.82) is 0 Å². The van der Waals surface area contributed by atoms with E-state index in [0.717, 1.165) is 24.5 Å². The van der Waals surface area contributed by atoms with E-state index < -0.39 is 0 Å². The first kappa shape index (κ1) is 22.0. The Morgan fingerprint density at radius 2 is 1.82 bits per heavy atom. The van der Waals surface area contributed by atoms with Gasteiger partial charge >= 0.3 is 0 Å². The Labute approximate surface area is 172 Å². The third-order valence-corrected chi connectivity index (χ3v) is 4.69. The maximum atomic E-state index is 12.6. The topological polar surface area (TPSA) is 77.0 Å². The average Bonchev–Trinajstić information content (AvgIpc) is 2.69. The van der Waals surface area contributed by atoms with Gasteiger partial charge in [0.05, 0.1) is 6.42 Å². The van der Waals surface area contributed by atoms with E-state index in [1.807, 2.05) is 36.9 Å². The van der Waals surface area contributed by atoms with E-state index in [9.17, 15) is 9.59 Å². The van der Waals surface area contributed by atoms with E-state index in [4.69, 9.17) is 11.6 Å². The van der Waals surface area contributed by atoms with Gasteiger partial charge in [-0.3, -0.25) is 9.59 Å². The molecular formula is C20H30ClN5O2. The standard InChI is InChI=1S/C20H30ClN5O2/c1-3-8-23-18(27)15-24-20(22-4-2)26-11-9-25(10-12-26)19(28)14-16-6-5-7-17(21)13-16/h5-7,13H,3-4,8-12,14-15H2,1-2H3,(H,22,24)(H,23,27). The summed E-state index contributed by atoms with van der Waals surface area (Å²) in [5, 5.41) is 6.70. The van der Waals surface area contributed by atoms with E-state index in [2.05, 4.69) is 20.5 Å². The highest BCUT2D eigenvalue weighted by atomic mass is 35.5. The fourth-order valence-corrected chi connectivity index (χ4v) is 3.21. The molecule has 1 aromatic rings. The molecule has 1 saturated heterocycles. The lowest BCUT2D eigenvalue weighted by atomic mass is 10.1. The smallest absolute Gasteiger partial charge is 0.241 e. The number of carbonyl (C=O) groups excluding carboxylic acids is 2. The van der Waals surface area contributed by atoms with Crippen LogP contribution in [0.15, 0.2) is 29.3 Å². The number of hydrogen-bond donors (Lipinski definition) is 2. The number of nitrogens with zero attached hydrogens (tertiary/aromatic N) is 3. The van der Waals surface area contributed by atoms with Gasteiger partial charge in [-0.2, -0.15) is 0 Å². The van der Waals surface area contributed by atoms with Crippen LogP contribution in [0.5, 0.6) is 0 Å². The molecule has 0 spiro atoms. The lowest BCUT2D eigenvalue weighted by molar-refractivity contribution is -0.131. The normalized spacial score (nSPS) is 14.8. The van der Waals surface area contributed by atoms with Crippen LogP contribution in [0, 0.1) is 0 Å². The molecule has 0 atom stereocenters. The van der Waals surface area contributed by atoms with E-state index in [-0.39, 0.29) is 18.4 Å². The van der Waals surface area contributed by atoms with Crippen LogP contribution in [-0.4, -0.2) is 73.4 Å². The second-order valence-corrected chi connectivity index (χ2v) is 7.13. The summed E-state index contributed by atoms with van der Waals surface area (Å²) in [4.78, 5) is 32.8. The fraction of sp³-hybridized carbons (Fsp3) is 0.550. The molecule has 0 aromatic heterocycles. The molecule has 28 heavy (non-hydrogen) atoms. The molecule has 1 heterocycles. The van der Waals surface area contributed by atoms with E-state index >= 15 is 0 Å². The molecule has 1 aliphatic rings. The summed E-state index contributed by atoms with van der Waals surface area (Å²) in [5.41, 5.74) is 0.924. The highest BCUT2D eigenvalue weighted by Crippen LogP contribution is 2.13. The molecule has 154 valence electrons. The Bertz CT molecular complexity index is 687. The largest absolute Gasteiger partial charge is 0.357 e. The number of guanidine groups is 1. The van der Waals surface area contributed by atoms with Crippen molar-refractivity contribution in [2.24, 2.45) is 4.99 Å². The van der Waals surface area contributed by atoms with Gasteiger partial charge in [-0.05, 0) is 31.0 Å². The van der Waals surface area contributed by atoms with E-state index in [1.54, 1.807) is 6.07 Å². The number of aliphatic imine (C=N–C) groups is 1. The number of halogens is 1. The van der Waals surface area contributed by atoms with Crippen LogP contribution in [0.25, 0.3) is 0 Å². The van der Waals surface area contributed by atoms with Crippen LogP contribution in [0.3, 0.4) is 0 Å². The Balaban J connectivity index is 1.87. The average molecular weight is 408 g/mol. The minimum absolute atomic E-state index is 0.0763. The summed E-state index contributed by atoms with van der Waals surface area (Å²) in [7, 11) is 0. The lowest BCUT2D eigenvalue weighted by Gasteiger charge is -2.36. The number of carbonyl (C=O) groups is 2. The Hall–Kier alpha value is -2.28. The zero-order valence-electron chi connectivity index (χ0n) is 16.7. The molecule has 2 rings (SSSR count). The third-order valence-electron chi connectivity index (χ3n) is 4.46. The Morgan fingerprint density at radius 1 is 1.11 bits per heavy atom. The molecule has 1 fully saturated rings. The Kier molecular flexibility index (Phi) is 9.07. The summed E-state index contributed by atoms with van der Waals surface area (Å²) in [5.74, 6) is 0.742. The van der Waals surface area contributed by atoms with Crippen molar-refractivity contribution in [2.45, 2.75) is 26.7 Å². The van der Waals surface area contributed by atoms with Crippen LogP contribution in [0.1, 0.15) is 25.8 Å². The maximum Gasteiger partial charge on any atom is 0.241 e. The zero-order valence-corrected chi connectivity index (χ0v) is 17.5. The quantitative estimate of drug-likeness (QED) is 0.530. The zero-order chi connectivity index (χ0) is 20.4. The van der Waals surface area contributed by atoms with E-state index in [0.29, 0.717) is 44.2 Å². The lowest BCUT2D eigenvalue weighted by Crippen LogP contribution is -2.54. The van der Waals surface area contributed by atoms with Gasteiger partial charge in [0.1, 0.15) is 6.54 Å². The number of piperazine rings is 1. The molecule has 7 nitrogen and oxygen atoms in total.